The van der Waals surface area contributed by atoms with Crippen LogP contribution in [0.5, 0.6) is 0 Å². The minimum Gasteiger partial charge on any atom is -0.441 e. The van der Waals surface area contributed by atoms with Crippen molar-refractivity contribution >= 4 is 16.8 Å². The average molecular weight is 234 g/mol. The van der Waals surface area contributed by atoms with Crippen LogP contribution >= 0.6 is 0 Å². The Morgan fingerprint density at radius 2 is 2.12 bits per heavy atom. The molecule has 0 atom stereocenters. The van der Waals surface area contributed by atoms with Gasteiger partial charge in [-0.2, -0.15) is 0 Å². The average Bonchev–Trinajstić information content (AvgIpc) is 2.69. The molecule has 0 bridgehead atoms. The SMILES string of the molecule is Cc1nc2cc(N3CCC(F)CC3)ccc2o1. The molecule has 0 saturated carbocycles. The minimum atomic E-state index is -0.635. The van der Waals surface area contributed by atoms with Crippen molar-refractivity contribution in [1.29, 1.82) is 0 Å². The quantitative estimate of drug-likeness (QED) is 0.759. The number of halogens is 1. The number of hydrogen-bond acceptors (Lipinski definition) is 3. The molecule has 2 aromatic rings. The zero-order valence-corrected chi connectivity index (χ0v) is 9.82. The van der Waals surface area contributed by atoms with E-state index in [1.807, 2.05) is 25.1 Å². The Bertz CT molecular complexity index is 529. The Labute approximate surface area is 99.2 Å². The molecule has 0 radical (unpaired) electrons. The van der Waals surface area contributed by atoms with E-state index in [4.69, 9.17) is 4.42 Å². The smallest absolute Gasteiger partial charge is 0.192 e. The van der Waals surface area contributed by atoms with E-state index in [9.17, 15) is 4.39 Å². The number of benzene rings is 1. The molecule has 1 saturated heterocycles. The van der Waals surface area contributed by atoms with Crippen molar-refractivity contribution in [3.05, 3.63) is 24.1 Å². The molecule has 0 aliphatic carbocycles. The molecule has 1 aliphatic rings. The number of hydrogen-bond donors (Lipinski definition) is 0. The van der Waals surface area contributed by atoms with E-state index in [1.165, 1.54) is 0 Å². The standard InChI is InChI=1S/C13H15FN2O/c1-9-15-12-8-11(2-3-13(12)17-9)16-6-4-10(14)5-7-16/h2-3,8,10H,4-7H2,1H3. The lowest BCUT2D eigenvalue weighted by Gasteiger charge is -2.30. The highest BCUT2D eigenvalue weighted by molar-refractivity contribution is 5.77. The number of alkyl halides is 1. The summed E-state index contributed by atoms with van der Waals surface area (Å²) in [5.41, 5.74) is 2.80. The highest BCUT2D eigenvalue weighted by atomic mass is 19.1. The Balaban J connectivity index is 1.89. The zero-order valence-electron chi connectivity index (χ0n) is 9.82. The van der Waals surface area contributed by atoms with Gasteiger partial charge in [-0.1, -0.05) is 0 Å². The lowest BCUT2D eigenvalue weighted by molar-refractivity contribution is 0.277. The van der Waals surface area contributed by atoms with Crippen molar-refractivity contribution < 1.29 is 8.81 Å². The van der Waals surface area contributed by atoms with Crippen LogP contribution < -0.4 is 4.90 Å². The summed E-state index contributed by atoms with van der Waals surface area (Å²) in [4.78, 5) is 6.52. The maximum atomic E-state index is 13.1. The summed E-state index contributed by atoms with van der Waals surface area (Å²) in [5, 5.41) is 0. The van der Waals surface area contributed by atoms with E-state index in [1.54, 1.807) is 0 Å². The number of oxazole rings is 1. The van der Waals surface area contributed by atoms with Gasteiger partial charge in [0.25, 0.3) is 0 Å². The number of anilines is 1. The first-order valence-corrected chi connectivity index (χ1v) is 5.98. The molecule has 0 unspecified atom stereocenters. The van der Waals surface area contributed by atoms with Crippen molar-refractivity contribution in [2.75, 3.05) is 18.0 Å². The molecule has 0 spiro atoms. The molecule has 1 aliphatic heterocycles. The second kappa shape index (κ2) is 4.02. The third-order valence-corrected chi connectivity index (χ3v) is 3.27. The van der Waals surface area contributed by atoms with Gasteiger partial charge in [-0.25, -0.2) is 9.37 Å². The van der Waals surface area contributed by atoms with Crippen LogP contribution in [0.15, 0.2) is 22.6 Å². The lowest BCUT2D eigenvalue weighted by Crippen LogP contribution is -2.34. The number of aryl methyl sites for hydroxylation is 1. The van der Waals surface area contributed by atoms with Crippen molar-refractivity contribution in [3.8, 4) is 0 Å². The highest BCUT2D eigenvalue weighted by Gasteiger charge is 2.19. The Morgan fingerprint density at radius 3 is 2.88 bits per heavy atom. The monoisotopic (exact) mass is 234 g/mol. The second-order valence-corrected chi connectivity index (χ2v) is 4.55. The molecule has 1 aromatic heterocycles. The maximum Gasteiger partial charge on any atom is 0.192 e. The highest BCUT2D eigenvalue weighted by Crippen LogP contribution is 2.25. The fraction of sp³-hybridized carbons (Fsp3) is 0.462. The number of piperidine rings is 1. The third kappa shape index (κ3) is 1.99. The molecular formula is C13H15FN2O. The van der Waals surface area contributed by atoms with Crippen LogP contribution in [0.1, 0.15) is 18.7 Å². The van der Waals surface area contributed by atoms with Crippen molar-refractivity contribution in [1.82, 2.24) is 4.98 Å². The predicted molar refractivity (Wildman–Crippen MR) is 65.1 cm³/mol. The van der Waals surface area contributed by atoms with Crippen LogP contribution in [0.3, 0.4) is 0 Å². The van der Waals surface area contributed by atoms with E-state index in [-0.39, 0.29) is 0 Å². The van der Waals surface area contributed by atoms with Gasteiger partial charge in [0.2, 0.25) is 0 Å². The molecule has 3 rings (SSSR count). The summed E-state index contributed by atoms with van der Waals surface area (Å²) in [6, 6.07) is 5.97. The summed E-state index contributed by atoms with van der Waals surface area (Å²) in [7, 11) is 0. The Kier molecular flexibility index (Phi) is 2.50. The normalized spacial score (nSPS) is 17.9. The largest absolute Gasteiger partial charge is 0.441 e. The van der Waals surface area contributed by atoms with Gasteiger partial charge in [0.1, 0.15) is 11.7 Å². The summed E-state index contributed by atoms with van der Waals surface area (Å²) in [6.45, 7) is 3.40. The zero-order chi connectivity index (χ0) is 11.8. The van der Waals surface area contributed by atoms with Gasteiger partial charge in [-0.05, 0) is 31.0 Å². The van der Waals surface area contributed by atoms with Crippen LogP contribution in [-0.2, 0) is 0 Å². The van der Waals surface area contributed by atoms with Gasteiger partial charge in [0, 0.05) is 25.7 Å². The van der Waals surface area contributed by atoms with Crippen molar-refractivity contribution in [2.45, 2.75) is 25.9 Å². The van der Waals surface area contributed by atoms with Gasteiger partial charge >= 0.3 is 0 Å². The maximum absolute atomic E-state index is 13.1. The fourth-order valence-corrected chi connectivity index (χ4v) is 2.33. The number of fused-ring (bicyclic) bond motifs is 1. The minimum absolute atomic E-state index is 0.621. The van der Waals surface area contributed by atoms with Crippen LogP contribution in [-0.4, -0.2) is 24.2 Å². The molecule has 0 amide bonds. The van der Waals surface area contributed by atoms with Crippen molar-refractivity contribution in [3.63, 3.8) is 0 Å². The van der Waals surface area contributed by atoms with Gasteiger partial charge in [0.15, 0.2) is 11.5 Å². The summed E-state index contributed by atoms with van der Waals surface area (Å²) in [6.07, 6.45) is 0.607. The topological polar surface area (TPSA) is 29.3 Å². The van der Waals surface area contributed by atoms with Crippen LogP contribution in [0.25, 0.3) is 11.1 Å². The third-order valence-electron chi connectivity index (χ3n) is 3.27. The van der Waals surface area contributed by atoms with Crippen LogP contribution in [0, 0.1) is 6.92 Å². The number of rotatable bonds is 1. The van der Waals surface area contributed by atoms with Gasteiger partial charge in [0.05, 0.1) is 0 Å². The fourth-order valence-electron chi connectivity index (χ4n) is 2.33. The van der Waals surface area contributed by atoms with Gasteiger partial charge in [-0.3, -0.25) is 0 Å². The predicted octanol–water partition coefficient (Wildman–Crippen LogP) is 3.07. The molecular weight excluding hydrogens is 219 g/mol. The number of nitrogens with zero attached hydrogens (tertiary/aromatic N) is 2. The van der Waals surface area contributed by atoms with Crippen molar-refractivity contribution in [2.24, 2.45) is 0 Å². The summed E-state index contributed by atoms with van der Waals surface area (Å²) < 4.78 is 18.5. The molecule has 0 N–H and O–H groups in total. The van der Waals surface area contributed by atoms with Crippen LogP contribution in [0.4, 0.5) is 10.1 Å². The van der Waals surface area contributed by atoms with E-state index in [0.29, 0.717) is 18.7 Å². The molecule has 1 fully saturated rings. The molecule has 17 heavy (non-hydrogen) atoms. The first kappa shape index (κ1) is 10.6. The van der Waals surface area contributed by atoms with Gasteiger partial charge in [-0.15, -0.1) is 0 Å². The summed E-state index contributed by atoms with van der Waals surface area (Å²) >= 11 is 0. The van der Waals surface area contributed by atoms with Crippen LogP contribution in [0.2, 0.25) is 0 Å². The number of aromatic nitrogens is 1. The Morgan fingerprint density at radius 1 is 1.35 bits per heavy atom. The first-order valence-electron chi connectivity index (χ1n) is 5.98. The summed E-state index contributed by atoms with van der Waals surface area (Å²) in [5.74, 6) is 0.680. The molecule has 90 valence electrons. The van der Waals surface area contributed by atoms with E-state index in [0.717, 1.165) is 29.9 Å². The lowest BCUT2D eigenvalue weighted by atomic mass is 10.1. The Hall–Kier alpha value is -1.58. The van der Waals surface area contributed by atoms with Gasteiger partial charge < -0.3 is 9.32 Å². The van der Waals surface area contributed by atoms with E-state index >= 15 is 0 Å². The molecule has 2 heterocycles. The second-order valence-electron chi connectivity index (χ2n) is 4.55. The molecule has 1 aromatic carbocycles. The van der Waals surface area contributed by atoms with E-state index < -0.39 is 6.17 Å². The first-order chi connectivity index (χ1) is 8.22. The van der Waals surface area contributed by atoms with E-state index in [2.05, 4.69) is 9.88 Å². The molecule has 4 heteroatoms. The molecule has 3 nitrogen and oxygen atoms in total.